The smallest absolute Gasteiger partial charge is 0.330 e. The van der Waals surface area contributed by atoms with E-state index in [1.54, 1.807) is 6.92 Å². The highest BCUT2D eigenvalue weighted by Crippen LogP contribution is 2.23. The zero-order valence-electron chi connectivity index (χ0n) is 12.5. The molecule has 2 N–H and O–H groups in total. The number of aliphatic carboxylic acids is 1. The third kappa shape index (κ3) is 4.18. The summed E-state index contributed by atoms with van der Waals surface area (Å²) in [7, 11) is 1.32. The molecule has 2 unspecified atom stereocenters. The molecule has 116 valence electrons. The van der Waals surface area contributed by atoms with E-state index in [0.717, 1.165) is 6.07 Å². The number of halogens is 1. The van der Waals surface area contributed by atoms with E-state index in [0.29, 0.717) is 0 Å². The average Bonchev–Trinajstić information content (AvgIpc) is 2.42. The van der Waals surface area contributed by atoms with E-state index in [9.17, 15) is 19.1 Å². The summed E-state index contributed by atoms with van der Waals surface area (Å²) in [5.74, 6) is -2.54. The number of nitrogens with one attached hydrogen (secondary N) is 1. The maximum absolute atomic E-state index is 13.7. The Hall–Kier alpha value is -2.11. The van der Waals surface area contributed by atoms with E-state index in [2.05, 4.69) is 5.32 Å². The van der Waals surface area contributed by atoms with Gasteiger partial charge in [0.05, 0.1) is 7.11 Å². The van der Waals surface area contributed by atoms with Crippen LogP contribution in [0.1, 0.15) is 32.4 Å². The second-order valence-electron chi connectivity index (χ2n) is 5.21. The number of benzene rings is 1. The van der Waals surface area contributed by atoms with Gasteiger partial charge in [-0.2, -0.15) is 0 Å². The molecular weight excluding hydrogens is 277 g/mol. The lowest BCUT2D eigenvalue weighted by Crippen LogP contribution is -2.38. The van der Waals surface area contributed by atoms with Gasteiger partial charge in [-0.3, -0.25) is 4.79 Å². The van der Waals surface area contributed by atoms with Gasteiger partial charge in [0.1, 0.15) is 0 Å². The normalized spacial score (nSPS) is 13.6. The van der Waals surface area contributed by atoms with Crippen molar-refractivity contribution in [3.05, 3.63) is 29.6 Å². The molecule has 1 aromatic carbocycles. The molecule has 6 heteroatoms. The van der Waals surface area contributed by atoms with Crippen LogP contribution in [0.15, 0.2) is 18.2 Å². The molecule has 21 heavy (non-hydrogen) atoms. The van der Waals surface area contributed by atoms with Crippen molar-refractivity contribution in [3.63, 3.8) is 0 Å². The van der Waals surface area contributed by atoms with Crippen molar-refractivity contribution in [1.29, 1.82) is 0 Å². The SMILES string of the molecule is COc1ccc(C(NC(=O)C(C)C(C)C)C(=O)O)cc1F. The van der Waals surface area contributed by atoms with Crippen LogP contribution in [0.25, 0.3) is 0 Å². The minimum absolute atomic E-state index is 0.0183. The van der Waals surface area contributed by atoms with Gasteiger partial charge in [0, 0.05) is 5.92 Å². The summed E-state index contributed by atoms with van der Waals surface area (Å²) in [6.45, 7) is 5.45. The molecule has 0 spiro atoms. The maximum Gasteiger partial charge on any atom is 0.330 e. The molecule has 0 radical (unpaired) electrons. The highest BCUT2D eigenvalue weighted by molar-refractivity contribution is 5.85. The number of carboxylic acid groups (broad SMARTS) is 1. The fourth-order valence-corrected chi connectivity index (χ4v) is 1.73. The van der Waals surface area contributed by atoms with E-state index in [-0.39, 0.29) is 29.1 Å². The summed E-state index contributed by atoms with van der Waals surface area (Å²) in [6, 6.07) is 2.51. The molecule has 2 atom stereocenters. The number of carbonyl (C=O) groups is 2. The highest BCUT2D eigenvalue weighted by Gasteiger charge is 2.26. The minimum atomic E-state index is -1.29. The van der Waals surface area contributed by atoms with Crippen LogP contribution in [0.4, 0.5) is 4.39 Å². The van der Waals surface area contributed by atoms with Crippen LogP contribution in [-0.4, -0.2) is 24.1 Å². The summed E-state index contributed by atoms with van der Waals surface area (Å²) < 4.78 is 18.4. The van der Waals surface area contributed by atoms with Crippen molar-refractivity contribution in [2.24, 2.45) is 11.8 Å². The molecule has 0 aliphatic carbocycles. The summed E-state index contributed by atoms with van der Waals surface area (Å²) in [6.07, 6.45) is 0. The number of methoxy groups -OCH3 is 1. The van der Waals surface area contributed by atoms with E-state index in [1.807, 2.05) is 13.8 Å². The Morgan fingerprint density at radius 2 is 1.90 bits per heavy atom. The Morgan fingerprint density at radius 1 is 1.29 bits per heavy atom. The Morgan fingerprint density at radius 3 is 2.33 bits per heavy atom. The molecule has 0 bridgehead atoms. The minimum Gasteiger partial charge on any atom is -0.494 e. The van der Waals surface area contributed by atoms with Gasteiger partial charge in [-0.25, -0.2) is 9.18 Å². The number of ether oxygens (including phenoxy) is 1. The largest absolute Gasteiger partial charge is 0.494 e. The first-order valence-corrected chi connectivity index (χ1v) is 6.64. The Balaban J connectivity index is 3.00. The number of rotatable bonds is 6. The standard InChI is InChI=1S/C15H20FNO4/c1-8(2)9(3)14(18)17-13(15(19)20)10-5-6-12(21-4)11(16)7-10/h5-9,13H,1-4H3,(H,17,18)(H,19,20). The van der Waals surface area contributed by atoms with Gasteiger partial charge in [-0.05, 0) is 23.6 Å². The first-order valence-electron chi connectivity index (χ1n) is 6.64. The lowest BCUT2D eigenvalue weighted by molar-refractivity contribution is -0.142. The van der Waals surface area contributed by atoms with Crippen LogP contribution in [-0.2, 0) is 9.59 Å². The highest BCUT2D eigenvalue weighted by atomic mass is 19.1. The van der Waals surface area contributed by atoms with Gasteiger partial charge in [-0.1, -0.05) is 26.8 Å². The molecular formula is C15H20FNO4. The van der Waals surface area contributed by atoms with E-state index in [1.165, 1.54) is 19.2 Å². The van der Waals surface area contributed by atoms with Gasteiger partial charge >= 0.3 is 5.97 Å². The number of amides is 1. The third-order valence-corrected chi connectivity index (χ3v) is 3.46. The number of carboxylic acids is 1. The summed E-state index contributed by atoms with van der Waals surface area (Å²) in [5, 5.41) is 11.7. The molecule has 0 aliphatic heterocycles. The molecule has 0 fully saturated rings. The Labute approximate surface area is 123 Å². The lowest BCUT2D eigenvalue weighted by Gasteiger charge is -2.20. The van der Waals surface area contributed by atoms with Crippen LogP contribution in [0.5, 0.6) is 5.75 Å². The molecule has 0 aliphatic rings. The molecule has 1 rings (SSSR count). The number of hydrogen-bond acceptors (Lipinski definition) is 3. The monoisotopic (exact) mass is 297 g/mol. The van der Waals surface area contributed by atoms with Crippen LogP contribution >= 0.6 is 0 Å². The van der Waals surface area contributed by atoms with Crippen LogP contribution in [0.3, 0.4) is 0 Å². The molecule has 0 saturated heterocycles. The third-order valence-electron chi connectivity index (χ3n) is 3.46. The Bertz CT molecular complexity index is 530. The van der Waals surface area contributed by atoms with Crippen molar-refractivity contribution in [1.82, 2.24) is 5.32 Å². The van der Waals surface area contributed by atoms with Crippen LogP contribution in [0, 0.1) is 17.7 Å². The summed E-state index contributed by atoms with van der Waals surface area (Å²) in [4.78, 5) is 23.3. The molecule has 0 heterocycles. The fraction of sp³-hybridized carbons (Fsp3) is 0.467. The summed E-state index contributed by atoms with van der Waals surface area (Å²) >= 11 is 0. The van der Waals surface area contributed by atoms with Gasteiger partial charge < -0.3 is 15.2 Å². The fourth-order valence-electron chi connectivity index (χ4n) is 1.73. The second-order valence-corrected chi connectivity index (χ2v) is 5.21. The zero-order chi connectivity index (χ0) is 16.2. The van der Waals surface area contributed by atoms with E-state index < -0.39 is 17.8 Å². The lowest BCUT2D eigenvalue weighted by atomic mass is 9.96. The summed E-state index contributed by atoms with van der Waals surface area (Å²) in [5.41, 5.74) is 0.158. The first kappa shape index (κ1) is 16.9. The zero-order valence-corrected chi connectivity index (χ0v) is 12.5. The quantitative estimate of drug-likeness (QED) is 0.845. The topological polar surface area (TPSA) is 75.6 Å². The number of hydrogen-bond donors (Lipinski definition) is 2. The Kier molecular flexibility index (Phi) is 5.69. The maximum atomic E-state index is 13.7. The molecule has 0 aromatic heterocycles. The van der Waals surface area contributed by atoms with Crippen molar-refractivity contribution >= 4 is 11.9 Å². The molecule has 5 nitrogen and oxygen atoms in total. The van der Waals surface area contributed by atoms with Crippen molar-refractivity contribution in [3.8, 4) is 5.75 Å². The molecule has 1 amide bonds. The number of carbonyl (C=O) groups excluding carboxylic acids is 1. The van der Waals surface area contributed by atoms with Crippen LogP contribution < -0.4 is 10.1 Å². The molecule has 1 aromatic rings. The van der Waals surface area contributed by atoms with Crippen LogP contribution in [0.2, 0.25) is 0 Å². The predicted octanol–water partition coefficient (Wildman–Crippen LogP) is 2.37. The van der Waals surface area contributed by atoms with Crippen molar-refractivity contribution in [2.75, 3.05) is 7.11 Å². The van der Waals surface area contributed by atoms with Crippen molar-refractivity contribution in [2.45, 2.75) is 26.8 Å². The van der Waals surface area contributed by atoms with Gasteiger partial charge in [-0.15, -0.1) is 0 Å². The van der Waals surface area contributed by atoms with Gasteiger partial charge in [0.25, 0.3) is 0 Å². The predicted molar refractivity (Wildman–Crippen MR) is 75.5 cm³/mol. The van der Waals surface area contributed by atoms with E-state index >= 15 is 0 Å². The molecule has 0 saturated carbocycles. The average molecular weight is 297 g/mol. The van der Waals surface area contributed by atoms with Gasteiger partial charge in [0.2, 0.25) is 5.91 Å². The first-order chi connectivity index (χ1) is 9.77. The van der Waals surface area contributed by atoms with Crippen molar-refractivity contribution < 1.29 is 23.8 Å². The van der Waals surface area contributed by atoms with E-state index in [4.69, 9.17) is 4.74 Å². The van der Waals surface area contributed by atoms with Gasteiger partial charge in [0.15, 0.2) is 17.6 Å². The second kappa shape index (κ2) is 7.06.